The lowest BCUT2D eigenvalue weighted by atomic mass is 9.72. The Morgan fingerprint density at radius 2 is 0.927 bits per heavy atom. The Morgan fingerprint density at radius 3 is 1.30 bits per heavy atom. The number of rotatable bonds is 26. The van der Waals surface area contributed by atoms with E-state index in [2.05, 4.69) is 101 Å². The summed E-state index contributed by atoms with van der Waals surface area (Å²) < 4.78 is 95.3. The van der Waals surface area contributed by atoms with Gasteiger partial charge in [0.25, 0.3) is 43.2 Å². The number of fused-ring (bicyclic) bond motifs is 4. The van der Waals surface area contributed by atoms with Crippen LogP contribution in [0.2, 0.25) is 10.0 Å². The molecule has 0 unspecified atom stereocenters. The summed E-state index contributed by atoms with van der Waals surface area (Å²) in [4.78, 5) is 74.6. The number of aromatic amines is 2. The van der Waals surface area contributed by atoms with Crippen molar-refractivity contribution in [3.63, 3.8) is 0 Å². The van der Waals surface area contributed by atoms with E-state index in [1.54, 1.807) is 48.8 Å². The molecule has 0 radical (unpaired) electrons. The molecule has 6 aliphatic rings. The standard InChI is InChI=1S/2C46H51ClN6O8S/c2*1-29(2)59-27-30-19-39-41(53(55)56)22-37(23-42(39)60-28-30)62(57,58)50-45(54)38-10-9-35(21-43(38)61-36-20-32-12-14-48-44(32)49-25-36)52-17-15-51(16-18-52)26-33-11-13-46(3,4)24-40(33)31-5-7-34(47)8-6-31/h2*5-10,12,14,20-23,25,29-30H,11,13,15-19,24,26-28H2,1-4H3,(H,48,49)(H,50,54)/t2*30-/m10/s1. The van der Waals surface area contributed by atoms with E-state index >= 15 is 0 Å². The van der Waals surface area contributed by atoms with Gasteiger partial charge >= 0.3 is 0 Å². The number of halogens is 2. The highest BCUT2D eigenvalue weighted by atomic mass is 35.5. The van der Waals surface area contributed by atoms with Gasteiger partial charge in [-0.05, 0) is 185 Å². The summed E-state index contributed by atoms with van der Waals surface area (Å²) in [5.74, 6) is -1.16. The SMILES string of the molecule is CC(C)OC[C@@H]1COc2cc(S(=O)(=O)NC(=O)c3ccc(N4CCN(CC5=C(c6ccc(Cl)cc6)CC(C)(C)CC5)CC4)cc3Oc3cnc4[nH]ccc4c3)cc([N+](=O)[O-])c2C1.CC(C)OC[C@H]1COc2cc(S(=O)(=O)NC(=O)c3ccc(N4CCN(CC5=C(c6ccc(Cl)cc6)CC(C)(C)CC5)CC4)cc3Oc3cnc4[nH]ccc4c3)cc([N+](=O)[O-])c2C1. The molecule has 2 fully saturated rings. The second-order valence-electron chi connectivity index (χ2n) is 34.9. The van der Waals surface area contributed by atoms with Gasteiger partial charge in [-0.3, -0.25) is 39.6 Å². The van der Waals surface area contributed by atoms with Crippen LogP contribution in [-0.2, 0) is 42.4 Å². The maximum absolute atomic E-state index is 14.0. The molecule has 2 saturated heterocycles. The molecule has 8 heterocycles. The molecule has 32 heteroatoms. The molecule has 652 valence electrons. The number of sulfonamides is 2. The highest BCUT2D eigenvalue weighted by Crippen LogP contribution is 2.47. The van der Waals surface area contributed by atoms with Crippen LogP contribution < -0.4 is 38.2 Å². The lowest BCUT2D eigenvalue weighted by Gasteiger charge is -2.39. The number of H-pyrrole nitrogens is 2. The first-order valence-electron chi connectivity index (χ1n) is 41.9. The monoisotopic (exact) mass is 1760 g/mol. The molecule has 28 nitrogen and oxygen atoms in total. The number of nitro benzene ring substituents is 2. The van der Waals surface area contributed by atoms with Crippen LogP contribution >= 0.6 is 23.2 Å². The highest BCUT2D eigenvalue weighted by Gasteiger charge is 2.38. The number of amides is 2. The lowest BCUT2D eigenvalue weighted by molar-refractivity contribution is -0.386. The number of anilines is 2. The number of hydrogen-bond acceptors (Lipinski definition) is 22. The third-order valence-electron chi connectivity index (χ3n) is 23.7. The molecule has 4 aromatic heterocycles. The fourth-order valence-corrected chi connectivity index (χ4v) is 19.2. The van der Waals surface area contributed by atoms with E-state index in [1.807, 2.05) is 64.1 Å². The highest BCUT2D eigenvalue weighted by molar-refractivity contribution is 7.90. The van der Waals surface area contributed by atoms with Crippen LogP contribution in [0.1, 0.15) is 137 Å². The van der Waals surface area contributed by atoms with E-state index in [-0.39, 0.29) is 106 Å². The van der Waals surface area contributed by atoms with Gasteiger partial charge in [0.05, 0.1) is 92.9 Å². The molecular formula is C92H102Cl2N12O16S2. The topological polar surface area (TPSA) is 338 Å². The van der Waals surface area contributed by atoms with E-state index < -0.39 is 62.9 Å². The van der Waals surface area contributed by atoms with Gasteiger partial charge in [-0.1, -0.05) is 86.3 Å². The molecule has 0 bridgehead atoms. The summed E-state index contributed by atoms with van der Waals surface area (Å²) in [7, 11) is -9.26. The summed E-state index contributed by atoms with van der Waals surface area (Å²) in [5.41, 5.74) is 11.2. The molecule has 0 saturated carbocycles. The fourth-order valence-electron chi connectivity index (χ4n) is 16.9. The number of piperazine rings is 2. The number of ether oxygens (including phenoxy) is 6. The number of nitro groups is 2. The van der Waals surface area contributed by atoms with Crippen molar-refractivity contribution < 1.29 is 64.7 Å². The molecule has 2 aliphatic carbocycles. The molecule has 16 rings (SSSR count). The summed E-state index contributed by atoms with van der Waals surface area (Å²) >= 11 is 12.5. The van der Waals surface area contributed by atoms with Crippen molar-refractivity contribution in [3.8, 4) is 34.5 Å². The Bertz CT molecular complexity index is 5640. The van der Waals surface area contributed by atoms with Crippen LogP contribution in [0.3, 0.4) is 0 Å². The van der Waals surface area contributed by atoms with Gasteiger partial charge in [-0.25, -0.2) is 36.2 Å². The molecule has 0 spiro atoms. The van der Waals surface area contributed by atoms with E-state index in [1.165, 1.54) is 70.1 Å². The zero-order chi connectivity index (χ0) is 87.5. The zero-order valence-electron chi connectivity index (χ0n) is 70.6. The minimum absolute atomic E-state index is 0.0292. The molecule has 4 aliphatic heterocycles. The van der Waals surface area contributed by atoms with Crippen molar-refractivity contribution in [2.24, 2.45) is 22.7 Å². The number of carbonyl (C=O) groups is 2. The molecule has 2 atom stereocenters. The first-order valence-corrected chi connectivity index (χ1v) is 45.6. The third-order valence-corrected chi connectivity index (χ3v) is 26.9. The second-order valence-corrected chi connectivity index (χ2v) is 39.1. The van der Waals surface area contributed by atoms with Gasteiger partial charge in [0.15, 0.2) is 0 Å². The van der Waals surface area contributed by atoms with Gasteiger partial charge in [0.2, 0.25) is 0 Å². The maximum atomic E-state index is 14.0. The van der Waals surface area contributed by atoms with Crippen molar-refractivity contribution >= 4 is 111 Å². The lowest BCUT2D eigenvalue weighted by Crippen LogP contribution is -2.47. The summed E-state index contributed by atoms with van der Waals surface area (Å²) in [6, 6.07) is 38.0. The van der Waals surface area contributed by atoms with Crippen molar-refractivity contribution in [1.29, 1.82) is 0 Å². The predicted molar refractivity (Wildman–Crippen MR) is 478 cm³/mol. The van der Waals surface area contributed by atoms with Crippen molar-refractivity contribution in [2.75, 3.05) is 102 Å². The Morgan fingerprint density at radius 1 is 0.540 bits per heavy atom. The van der Waals surface area contributed by atoms with Crippen molar-refractivity contribution in [3.05, 3.63) is 233 Å². The number of pyridine rings is 2. The molecule has 2 amide bonds. The number of carbonyl (C=O) groups excluding carboxylic acids is 2. The minimum Gasteiger partial charge on any atom is -0.493 e. The van der Waals surface area contributed by atoms with E-state index in [4.69, 9.17) is 51.6 Å². The van der Waals surface area contributed by atoms with Crippen molar-refractivity contribution in [1.82, 2.24) is 39.2 Å². The summed E-state index contributed by atoms with van der Waals surface area (Å²) in [5, 5.41) is 27.5. The average molecular weight is 1770 g/mol. The average Bonchev–Trinajstić information content (AvgIpc) is 0.810. The second kappa shape index (κ2) is 37.1. The Labute approximate surface area is 731 Å². The Kier molecular flexibility index (Phi) is 26.3. The largest absolute Gasteiger partial charge is 0.493 e. The number of benzene rings is 6. The van der Waals surface area contributed by atoms with Crippen LogP contribution in [0, 0.1) is 42.9 Å². The number of nitrogens with zero attached hydrogens (tertiary/aromatic N) is 8. The normalized spacial score (nSPS) is 18.1. The maximum Gasteiger partial charge on any atom is 0.277 e. The first-order chi connectivity index (χ1) is 59.2. The van der Waals surface area contributed by atoms with Crippen LogP contribution in [0.25, 0.3) is 33.2 Å². The summed E-state index contributed by atoms with van der Waals surface area (Å²) in [6.45, 7) is 25.9. The molecule has 6 aromatic carbocycles. The number of nitrogens with one attached hydrogen (secondary N) is 4. The van der Waals surface area contributed by atoms with Gasteiger partial charge in [0, 0.05) is 158 Å². The predicted octanol–water partition coefficient (Wildman–Crippen LogP) is 17.6. The van der Waals surface area contributed by atoms with E-state index in [9.17, 15) is 46.7 Å². The number of aromatic nitrogens is 4. The zero-order valence-corrected chi connectivity index (χ0v) is 73.7. The van der Waals surface area contributed by atoms with Crippen LogP contribution in [0.5, 0.6) is 34.5 Å². The van der Waals surface area contributed by atoms with E-state index in [0.29, 0.717) is 36.0 Å². The smallest absolute Gasteiger partial charge is 0.277 e. The van der Waals surface area contributed by atoms with Crippen LogP contribution in [0.4, 0.5) is 22.7 Å². The Hall–Kier alpha value is -11.0. The third kappa shape index (κ3) is 21.0. The number of allylic oxidation sites excluding steroid dienone is 2. The molecule has 4 N–H and O–H groups in total. The van der Waals surface area contributed by atoms with Gasteiger partial charge in [-0.2, -0.15) is 0 Å². The quantitative estimate of drug-likeness (QED) is 0.0289. The van der Waals surface area contributed by atoms with Crippen molar-refractivity contribution in [2.45, 2.75) is 129 Å². The Balaban J connectivity index is 0.000000192. The fraction of sp³-hybridized carbons (Fsp3) is 0.391. The van der Waals surface area contributed by atoms with Crippen LogP contribution in [0.15, 0.2) is 179 Å². The molecule has 124 heavy (non-hydrogen) atoms. The molecular weight excluding hydrogens is 1660 g/mol. The minimum atomic E-state index is -4.63. The van der Waals surface area contributed by atoms with E-state index in [0.717, 1.165) is 148 Å². The van der Waals surface area contributed by atoms with Gasteiger partial charge < -0.3 is 48.2 Å². The van der Waals surface area contributed by atoms with Crippen LogP contribution in [-0.4, -0.2) is 172 Å². The molecule has 10 aromatic rings. The number of hydrogen-bond donors (Lipinski definition) is 4. The summed E-state index contributed by atoms with van der Waals surface area (Å²) in [6.07, 6.45) is 13.4. The van der Waals surface area contributed by atoms with Gasteiger partial charge in [-0.15, -0.1) is 0 Å². The van der Waals surface area contributed by atoms with Gasteiger partial charge in [0.1, 0.15) is 45.8 Å². The first kappa shape index (κ1) is 87.9.